The van der Waals surface area contributed by atoms with Gasteiger partial charge in [-0.2, -0.15) is 5.10 Å². The summed E-state index contributed by atoms with van der Waals surface area (Å²) in [6, 6.07) is 11.0. The van der Waals surface area contributed by atoms with Crippen molar-refractivity contribution in [3.8, 4) is 5.75 Å². The van der Waals surface area contributed by atoms with E-state index in [0.29, 0.717) is 18.1 Å². The standard InChI is InChI=1S/C17H20N2O2S/c1-12(2)11-21-15-7-5-14(6-8-15)17(20)19-18-10-16-9-4-13(3)22-16/h4-10,12H,11H2,1-3H3,(H,19,20). The van der Waals surface area contributed by atoms with Gasteiger partial charge >= 0.3 is 0 Å². The van der Waals surface area contributed by atoms with Crippen molar-refractivity contribution < 1.29 is 9.53 Å². The van der Waals surface area contributed by atoms with Crippen molar-refractivity contribution in [2.75, 3.05) is 6.61 Å². The van der Waals surface area contributed by atoms with Crippen LogP contribution in [0.15, 0.2) is 41.5 Å². The molecule has 0 unspecified atom stereocenters. The average Bonchev–Trinajstić information content (AvgIpc) is 2.91. The normalized spacial score (nSPS) is 11.1. The SMILES string of the molecule is Cc1ccc(C=NNC(=O)c2ccc(OCC(C)C)cc2)s1. The molecule has 1 aromatic heterocycles. The Kier molecular flexibility index (Phi) is 5.72. The van der Waals surface area contributed by atoms with Gasteiger partial charge in [0.15, 0.2) is 0 Å². The van der Waals surface area contributed by atoms with Gasteiger partial charge in [0.25, 0.3) is 5.91 Å². The highest BCUT2D eigenvalue weighted by molar-refractivity contribution is 7.13. The van der Waals surface area contributed by atoms with E-state index in [1.165, 1.54) is 4.88 Å². The Balaban J connectivity index is 1.88. The first-order valence-corrected chi connectivity index (χ1v) is 7.99. The first kappa shape index (κ1) is 16.2. The second kappa shape index (κ2) is 7.75. The number of benzene rings is 1. The Labute approximate surface area is 134 Å². The summed E-state index contributed by atoms with van der Waals surface area (Å²) in [7, 11) is 0. The van der Waals surface area contributed by atoms with Gasteiger partial charge in [-0.25, -0.2) is 5.43 Å². The maximum Gasteiger partial charge on any atom is 0.271 e. The van der Waals surface area contributed by atoms with E-state index in [-0.39, 0.29) is 5.91 Å². The minimum atomic E-state index is -0.236. The molecule has 4 nitrogen and oxygen atoms in total. The van der Waals surface area contributed by atoms with E-state index < -0.39 is 0 Å². The molecular weight excluding hydrogens is 296 g/mol. The molecule has 2 rings (SSSR count). The summed E-state index contributed by atoms with van der Waals surface area (Å²) >= 11 is 1.63. The molecule has 5 heteroatoms. The van der Waals surface area contributed by atoms with Gasteiger partial charge in [0.05, 0.1) is 12.8 Å². The molecule has 0 aliphatic heterocycles. The van der Waals surface area contributed by atoms with Crippen LogP contribution in [-0.4, -0.2) is 18.7 Å². The molecule has 0 bridgehead atoms. The molecule has 1 aromatic carbocycles. The van der Waals surface area contributed by atoms with Gasteiger partial charge in [0.1, 0.15) is 5.75 Å². The van der Waals surface area contributed by atoms with Crippen LogP contribution >= 0.6 is 11.3 Å². The van der Waals surface area contributed by atoms with Gasteiger partial charge in [-0.1, -0.05) is 13.8 Å². The van der Waals surface area contributed by atoms with Gasteiger partial charge in [-0.15, -0.1) is 11.3 Å². The minimum absolute atomic E-state index is 0.236. The smallest absolute Gasteiger partial charge is 0.271 e. The van der Waals surface area contributed by atoms with E-state index in [0.717, 1.165) is 10.6 Å². The summed E-state index contributed by atoms with van der Waals surface area (Å²) in [6.07, 6.45) is 1.65. The Morgan fingerprint density at radius 3 is 2.59 bits per heavy atom. The molecule has 0 radical (unpaired) electrons. The van der Waals surface area contributed by atoms with E-state index in [4.69, 9.17) is 4.74 Å². The average molecular weight is 316 g/mol. The number of hydrogen-bond acceptors (Lipinski definition) is 4. The Bertz CT molecular complexity index is 645. The Morgan fingerprint density at radius 2 is 2.00 bits per heavy atom. The zero-order chi connectivity index (χ0) is 15.9. The number of aryl methyl sites for hydroxylation is 1. The molecule has 116 valence electrons. The highest BCUT2D eigenvalue weighted by Gasteiger charge is 2.05. The van der Waals surface area contributed by atoms with Gasteiger partial charge in [0.2, 0.25) is 0 Å². The lowest BCUT2D eigenvalue weighted by Crippen LogP contribution is -2.17. The largest absolute Gasteiger partial charge is 0.493 e. The molecular formula is C17H20N2O2S. The molecule has 1 amide bonds. The Morgan fingerprint density at radius 1 is 1.27 bits per heavy atom. The number of carbonyl (C=O) groups excluding carboxylic acids is 1. The lowest BCUT2D eigenvalue weighted by atomic mass is 10.2. The van der Waals surface area contributed by atoms with E-state index in [9.17, 15) is 4.79 Å². The molecule has 22 heavy (non-hydrogen) atoms. The van der Waals surface area contributed by atoms with Crippen LogP contribution in [0.5, 0.6) is 5.75 Å². The summed E-state index contributed by atoms with van der Waals surface area (Å²) in [4.78, 5) is 14.2. The van der Waals surface area contributed by atoms with Gasteiger partial charge in [-0.3, -0.25) is 4.79 Å². The number of rotatable bonds is 6. The summed E-state index contributed by atoms with van der Waals surface area (Å²) in [6.45, 7) is 6.88. The van der Waals surface area contributed by atoms with Crippen LogP contribution < -0.4 is 10.2 Å². The van der Waals surface area contributed by atoms with Crippen LogP contribution in [0.25, 0.3) is 0 Å². The summed E-state index contributed by atoms with van der Waals surface area (Å²) < 4.78 is 5.58. The second-order valence-corrected chi connectivity index (χ2v) is 6.70. The van der Waals surface area contributed by atoms with Crippen LogP contribution in [0.1, 0.15) is 34.0 Å². The van der Waals surface area contributed by atoms with E-state index in [1.54, 1.807) is 41.8 Å². The molecule has 0 fully saturated rings. The molecule has 0 saturated carbocycles. The van der Waals surface area contributed by atoms with Crippen molar-refractivity contribution in [2.45, 2.75) is 20.8 Å². The molecule has 0 saturated heterocycles. The maximum atomic E-state index is 12.0. The summed E-state index contributed by atoms with van der Waals surface area (Å²) in [5.41, 5.74) is 3.07. The van der Waals surface area contributed by atoms with Crippen LogP contribution in [0.4, 0.5) is 0 Å². The minimum Gasteiger partial charge on any atom is -0.493 e. The van der Waals surface area contributed by atoms with Crippen molar-refractivity contribution in [3.05, 3.63) is 51.7 Å². The fraction of sp³-hybridized carbons (Fsp3) is 0.294. The number of hydrogen-bond donors (Lipinski definition) is 1. The molecule has 0 spiro atoms. The van der Waals surface area contributed by atoms with Crippen molar-refractivity contribution in [1.29, 1.82) is 0 Å². The fourth-order valence-electron chi connectivity index (χ4n) is 1.71. The number of nitrogens with zero attached hydrogens (tertiary/aromatic N) is 1. The van der Waals surface area contributed by atoms with Gasteiger partial charge < -0.3 is 4.74 Å². The van der Waals surface area contributed by atoms with Crippen LogP contribution in [0, 0.1) is 12.8 Å². The van der Waals surface area contributed by atoms with E-state index in [1.807, 2.05) is 19.1 Å². The summed E-state index contributed by atoms with van der Waals surface area (Å²) in [5.74, 6) is 1.00. The molecule has 0 aliphatic carbocycles. The Hall–Kier alpha value is -2.14. The van der Waals surface area contributed by atoms with Gasteiger partial charge in [-0.05, 0) is 49.2 Å². The molecule has 0 atom stereocenters. The third-order valence-corrected chi connectivity index (χ3v) is 3.75. The third-order valence-electron chi connectivity index (χ3n) is 2.82. The molecule has 0 aliphatic rings. The quantitative estimate of drug-likeness (QED) is 0.650. The predicted octanol–water partition coefficient (Wildman–Crippen LogP) is 3.86. The van der Waals surface area contributed by atoms with Crippen molar-refractivity contribution in [1.82, 2.24) is 5.43 Å². The van der Waals surface area contributed by atoms with Crippen molar-refractivity contribution in [2.24, 2.45) is 11.0 Å². The zero-order valence-electron chi connectivity index (χ0n) is 13.0. The molecule has 2 aromatic rings. The van der Waals surface area contributed by atoms with E-state index in [2.05, 4.69) is 24.4 Å². The summed E-state index contributed by atoms with van der Waals surface area (Å²) in [5, 5.41) is 3.97. The number of amides is 1. The van der Waals surface area contributed by atoms with Gasteiger partial charge in [0, 0.05) is 15.3 Å². The van der Waals surface area contributed by atoms with E-state index >= 15 is 0 Å². The fourth-order valence-corrected chi connectivity index (χ4v) is 2.46. The molecule has 1 N–H and O–H groups in total. The second-order valence-electron chi connectivity index (χ2n) is 5.38. The first-order valence-electron chi connectivity index (χ1n) is 7.17. The number of hydrazone groups is 1. The number of nitrogens with one attached hydrogen (secondary N) is 1. The first-order chi connectivity index (χ1) is 10.5. The van der Waals surface area contributed by atoms with Crippen LogP contribution in [0.3, 0.4) is 0 Å². The predicted molar refractivity (Wildman–Crippen MR) is 90.9 cm³/mol. The molecule has 1 heterocycles. The monoisotopic (exact) mass is 316 g/mol. The lowest BCUT2D eigenvalue weighted by molar-refractivity contribution is 0.0955. The number of thiophene rings is 1. The highest BCUT2D eigenvalue weighted by Crippen LogP contribution is 2.14. The van der Waals surface area contributed by atoms with Crippen LogP contribution in [-0.2, 0) is 0 Å². The maximum absolute atomic E-state index is 12.0. The number of ether oxygens (including phenoxy) is 1. The van der Waals surface area contributed by atoms with Crippen molar-refractivity contribution in [3.63, 3.8) is 0 Å². The zero-order valence-corrected chi connectivity index (χ0v) is 13.8. The number of carbonyl (C=O) groups is 1. The highest BCUT2D eigenvalue weighted by atomic mass is 32.1. The lowest BCUT2D eigenvalue weighted by Gasteiger charge is -2.08. The van der Waals surface area contributed by atoms with Crippen LogP contribution in [0.2, 0.25) is 0 Å². The third kappa shape index (κ3) is 5.00. The topological polar surface area (TPSA) is 50.7 Å². The van der Waals surface area contributed by atoms with Crippen molar-refractivity contribution >= 4 is 23.5 Å².